The van der Waals surface area contributed by atoms with E-state index in [0.29, 0.717) is 0 Å². The van der Waals surface area contributed by atoms with E-state index in [0.717, 1.165) is 5.41 Å². The van der Waals surface area contributed by atoms with Gasteiger partial charge in [0.05, 0.1) is 0 Å². The quantitative estimate of drug-likeness (QED) is 0.519. The van der Waals surface area contributed by atoms with Crippen molar-refractivity contribution in [3.63, 3.8) is 0 Å². The largest absolute Gasteiger partial charge is 0.281 e. The van der Waals surface area contributed by atoms with E-state index in [1.807, 2.05) is 0 Å². The van der Waals surface area contributed by atoms with Gasteiger partial charge >= 0.3 is 0 Å². The molecule has 0 aliphatic carbocycles. The van der Waals surface area contributed by atoms with Gasteiger partial charge in [0.15, 0.2) is 15.8 Å². The molecule has 1 heterocycles. The number of amidine groups is 1. The van der Waals surface area contributed by atoms with Crippen LogP contribution in [0.4, 0.5) is 0 Å². The van der Waals surface area contributed by atoms with Crippen LogP contribution in [-0.2, 0) is 9.92 Å². The van der Waals surface area contributed by atoms with E-state index in [4.69, 9.17) is 10.2 Å². The minimum atomic E-state index is -2.98. The summed E-state index contributed by atoms with van der Waals surface area (Å²) in [6.45, 7) is 0. The van der Waals surface area contributed by atoms with Crippen LogP contribution in [-0.4, -0.2) is 10.0 Å². The second-order valence-electron chi connectivity index (χ2n) is 1.44. The molecule has 0 bridgehead atoms. The lowest BCUT2D eigenvalue weighted by atomic mass is 10.6. The SMILES string of the molecule is N=C1C=CS(=N)(=O)N=N1. The average Bonchev–Trinajstić information content (AvgIpc) is 1.78. The van der Waals surface area contributed by atoms with Gasteiger partial charge in [-0.3, -0.25) is 5.41 Å². The Bertz CT molecular complexity index is 263. The molecule has 1 aliphatic heterocycles. The highest BCUT2D eigenvalue weighted by Crippen LogP contribution is 2.03. The Morgan fingerprint density at radius 3 is 2.67 bits per heavy atom. The van der Waals surface area contributed by atoms with Gasteiger partial charge in [-0.1, -0.05) is 4.52 Å². The maximum absolute atomic E-state index is 10.6. The first-order valence-electron chi connectivity index (χ1n) is 2.08. The standard InChI is InChI=1S/C3H4N4OS/c4-3-1-2-9(5,8)7-6-3/h1-2,4-5H. The molecule has 1 unspecified atom stereocenters. The lowest BCUT2D eigenvalue weighted by Gasteiger charge is -1.95. The van der Waals surface area contributed by atoms with Crippen molar-refractivity contribution in [1.82, 2.24) is 0 Å². The molecule has 0 fully saturated rings. The van der Waals surface area contributed by atoms with Crippen molar-refractivity contribution in [2.24, 2.45) is 9.63 Å². The minimum absolute atomic E-state index is 0.0683. The van der Waals surface area contributed by atoms with E-state index in [9.17, 15) is 4.21 Å². The van der Waals surface area contributed by atoms with E-state index in [1.54, 1.807) is 0 Å². The fraction of sp³-hybridized carbons (Fsp3) is 0. The van der Waals surface area contributed by atoms with Gasteiger partial charge in [0.1, 0.15) is 0 Å². The van der Waals surface area contributed by atoms with Crippen LogP contribution in [0.1, 0.15) is 0 Å². The van der Waals surface area contributed by atoms with Crippen molar-refractivity contribution in [2.45, 2.75) is 0 Å². The summed E-state index contributed by atoms with van der Waals surface area (Å²) in [5.41, 5.74) is 0. The van der Waals surface area contributed by atoms with Gasteiger partial charge < -0.3 is 0 Å². The molecule has 5 nitrogen and oxygen atoms in total. The number of nitrogens with zero attached hydrogens (tertiary/aromatic N) is 2. The maximum Gasteiger partial charge on any atom is 0.188 e. The lowest BCUT2D eigenvalue weighted by Crippen LogP contribution is -1.95. The molecule has 1 aliphatic rings. The fourth-order valence-corrected chi connectivity index (χ4v) is 0.899. The molecule has 0 aromatic carbocycles. The van der Waals surface area contributed by atoms with Crippen molar-refractivity contribution in [2.75, 3.05) is 0 Å². The monoisotopic (exact) mass is 144 g/mol. The third-order valence-corrected chi connectivity index (χ3v) is 1.51. The summed E-state index contributed by atoms with van der Waals surface area (Å²) in [7, 11) is -2.98. The van der Waals surface area contributed by atoms with E-state index in [1.165, 1.54) is 6.08 Å². The number of hydrogen-bond donors (Lipinski definition) is 2. The maximum atomic E-state index is 10.6. The zero-order valence-electron chi connectivity index (χ0n) is 4.37. The van der Waals surface area contributed by atoms with E-state index in [-0.39, 0.29) is 5.84 Å². The van der Waals surface area contributed by atoms with E-state index in [2.05, 4.69) is 9.63 Å². The summed E-state index contributed by atoms with van der Waals surface area (Å²) in [6.07, 6.45) is 1.20. The minimum Gasteiger partial charge on any atom is -0.281 e. The van der Waals surface area contributed by atoms with Gasteiger partial charge in [-0.05, 0) is 6.08 Å². The molecule has 0 aromatic heterocycles. The normalized spacial score (nSPS) is 33.1. The van der Waals surface area contributed by atoms with Crippen molar-refractivity contribution in [1.29, 1.82) is 10.2 Å². The number of nitrogens with one attached hydrogen (secondary N) is 2. The molecule has 48 valence electrons. The molecular formula is C3H4N4OS. The van der Waals surface area contributed by atoms with Crippen LogP contribution in [0.3, 0.4) is 0 Å². The second-order valence-corrected chi connectivity index (χ2v) is 3.01. The van der Waals surface area contributed by atoms with Gasteiger partial charge in [-0.2, -0.15) is 0 Å². The predicted molar refractivity (Wildman–Crippen MR) is 32.6 cm³/mol. The van der Waals surface area contributed by atoms with Crippen LogP contribution in [0.25, 0.3) is 0 Å². The first-order chi connectivity index (χ1) is 4.10. The van der Waals surface area contributed by atoms with Crippen molar-refractivity contribution in [3.05, 3.63) is 11.5 Å². The fourth-order valence-electron chi connectivity index (χ4n) is 0.322. The molecule has 6 heteroatoms. The summed E-state index contributed by atoms with van der Waals surface area (Å²) < 4.78 is 20.4. The van der Waals surface area contributed by atoms with Gasteiger partial charge in [0.2, 0.25) is 0 Å². The van der Waals surface area contributed by atoms with Crippen LogP contribution in [0.15, 0.2) is 21.1 Å². The van der Waals surface area contributed by atoms with Gasteiger partial charge in [-0.25, -0.2) is 8.99 Å². The van der Waals surface area contributed by atoms with Crippen molar-refractivity contribution < 1.29 is 4.21 Å². The molecule has 1 rings (SSSR count). The third kappa shape index (κ3) is 1.43. The van der Waals surface area contributed by atoms with Crippen LogP contribution < -0.4 is 0 Å². The van der Waals surface area contributed by atoms with E-state index < -0.39 is 9.92 Å². The summed E-state index contributed by atoms with van der Waals surface area (Å²) in [6, 6.07) is 0. The van der Waals surface area contributed by atoms with Crippen LogP contribution in [0, 0.1) is 10.2 Å². The smallest absolute Gasteiger partial charge is 0.188 e. The zero-order valence-corrected chi connectivity index (χ0v) is 5.18. The van der Waals surface area contributed by atoms with E-state index >= 15 is 0 Å². The molecule has 0 amide bonds. The Kier molecular flexibility index (Phi) is 1.17. The van der Waals surface area contributed by atoms with Gasteiger partial charge in [0.25, 0.3) is 0 Å². The Morgan fingerprint density at radius 1 is 1.67 bits per heavy atom. The molecule has 0 spiro atoms. The van der Waals surface area contributed by atoms with Crippen LogP contribution in [0.2, 0.25) is 0 Å². The van der Waals surface area contributed by atoms with Crippen LogP contribution in [0.5, 0.6) is 0 Å². The highest BCUT2D eigenvalue weighted by atomic mass is 32.2. The zero-order chi connectivity index (χ0) is 6.91. The Balaban J connectivity index is 3.10. The predicted octanol–water partition coefficient (Wildman–Crippen LogP) is 0.905. The summed E-state index contributed by atoms with van der Waals surface area (Å²) in [4.78, 5) is 0. The third-order valence-electron chi connectivity index (χ3n) is 0.680. The second kappa shape index (κ2) is 1.73. The molecule has 0 saturated heterocycles. The molecule has 9 heavy (non-hydrogen) atoms. The van der Waals surface area contributed by atoms with Crippen molar-refractivity contribution >= 4 is 15.8 Å². The first kappa shape index (κ1) is 6.09. The highest BCUT2D eigenvalue weighted by molar-refractivity contribution is 7.93. The van der Waals surface area contributed by atoms with Gasteiger partial charge in [-0.15, -0.1) is 5.11 Å². The summed E-state index contributed by atoms with van der Waals surface area (Å²) in [5.74, 6) is -0.0683. The highest BCUT2D eigenvalue weighted by Gasteiger charge is 2.02. The lowest BCUT2D eigenvalue weighted by molar-refractivity contribution is 0.680. The Morgan fingerprint density at radius 2 is 2.33 bits per heavy atom. The molecule has 0 aromatic rings. The molecule has 1 atom stereocenters. The van der Waals surface area contributed by atoms with Gasteiger partial charge in [0, 0.05) is 5.41 Å². The van der Waals surface area contributed by atoms with Crippen molar-refractivity contribution in [3.8, 4) is 0 Å². The Hall–Kier alpha value is -1.04. The Labute approximate surface area is 52.1 Å². The number of hydrogen-bond acceptors (Lipinski definition) is 3. The van der Waals surface area contributed by atoms with Crippen LogP contribution >= 0.6 is 0 Å². The molecule has 0 saturated carbocycles. The molecular weight excluding hydrogens is 140 g/mol. The summed E-state index contributed by atoms with van der Waals surface area (Å²) in [5, 5.41) is 11.0. The topological polar surface area (TPSA) is 89.5 Å². The molecule has 2 N–H and O–H groups in total. The number of rotatable bonds is 0. The first-order valence-corrected chi connectivity index (χ1v) is 3.66. The molecule has 0 radical (unpaired) electrons. The average molecular weight is 144 g/mol. The summed E-state index contributed by atoms with van der Waals surface area (Å²) >= 11 is 0.